The van der Waals surface area contributed by atoms with Crippen LogP contribution in [0.15, 0.2) is 21.7 Å². The Hall–Kier alpha value is -3.27. The molecule has 3 aromatic rings. The van der Waals surface area contributed by atoms with Crippen LogP contribution in [0.2, 0.25) is 0 Å². The summed E-state index contributed by atoms with van der Waals surface area (Å²) in [6.07, 6.45) is 8.87. The molecular weight excluding hydrogens is 456 g/mol. The van der Waals surface area contributed by atoms with Crippen LogP contribution in [0.25, 0.3) is 11.2 Å². The van der Waals surface area contributed by atoms with Gasteiger partial charge < -0.3 is 15.2 Å². The lowest BCUT2D eigenvalue weighted by atomic mass is 9.87. The fourth-order valence-corrected chi connectivity index (χ4v) is 5.56. The van der Waals surface area contributed by atoms with Crippen molar-refractivity contribution in [3.8, 4) is 0 Å². The quantitative estimate of drug-likeness (QED) is 0.539. The van der Waals surface area contributed by atoms with Crippen molar-refractivity contribution in [2.75, 3.05) is 18.0 Å². The van der Waals surface area contributed by atoms with Crippen LogP contribution in [0.1, 0.15) is 55.9 Å². The van der Waals surface area contributed by atoms with Crippen LogP contribution >= 0.6 is 0 Å². The molecule has 1 saturated heterocycles. The lowest BCUT2D eigenvalue weighted by molar-refractivity contribution is 0.484. The molecule has 2 N–H and O–H groups in total. The Morgan fingerprint density at radius 1 is 1.14 bits per heavy atom. The van der Waals surface area contributed by atoms with E-state index in [0.717, 1.165) is 50.0 Å². The standard InChI is InChI=1S/C26H36N8O2/c1-5-6-12-33-22-23(30-25(33)32-11-7-8-18(27)14-32)31(4)26(36)34(24(22)35)15-21-28-17(3)19-10-9-16(2)13-20(19)29-21/h5-6,16,18H,7-15,27H2,1-4H3/b6-5+/t16?,18-/m1/s1. The van der Waals surface area contributed by atoms with Crippen LogP contribution in [-0.4, -0.2) is 47.8 Å². The second kappa shape index (κ2) is 9.65. The first-order valence-corrected chi connectivity index (χ1v) is 13.0. The van der Waals surface area contributed by atoms with Crippen molar-refractivity contribution >= 4 is 17.1 Å². The van der Waals surface area contributed by atoms with Gasteiger partial charge in [-0.2, -0.15) is 4.98 Å². The van der Waals surface area contributed by atoms with Crippen molar-refractivity contribution in [1.29, 1.82) is 0 Å². The highest BCUT2D eigenvalue weighted by molar-refractivity contribution is 5.74. The summed E-state index contributed by atoms with van der Waals surface area (Å²) in [5, 5.41) is 0. The summed E-state index contributed by atoms with van der Waals surface area (Å²) in [5.41, 5.74) is 9.44. The molecule has 0 amide bonds. The first-order valence-electron chi connectivity index (χ1n) is 13.0. The zero-order valence-electron chi connectivity index (χ0n) is 21.7. The maximum Gasteiger partial charge on any atom is 0.332 e. The number of nitrogens with zero attached hydrogens (tertiary/aromatic N) is 7. The third-order valence-corrected chi connectivity index (χ3v) is 7.55. The number of hydrogen-bond acceptors (Lipinski definition) is 7. The van der Waals surface area contributed by atoms with E-state index >= 15 is 0 Å². The molecule has 1 fully saturated rings. The van der Waals surface area contributed by atoms with E-state index in [2.05, 4.69) is 16.8 Å². The summed E-state index contributed by atoms with van der Waals surface area (Å²) >= 11 is 0. The molecule has 2 atom stereocenters. The molecule has 192 valence electrons. The topological polar surface area (TPSA) is 117 Å². The Balaban J connectivity index is 1.64. The first-order chi connectivity index (χ1) is 17.3. The molecule has 3 aromatic heterocycles. The number of anilines is 1. The van der Waals surface area contributed by atoms with E-state index in [0.29, 0.717) is 41.9 Å². The SMILES string of the molecule is C/C=C/Cn1c(N2CCC[C@@H](N)C2)nc2c1c(=O)n(Cc1nc(C)c3c(n1)CC(C)CC3)c(=O)n2C. The van der Waals surface area contributed by atoms with Gasteiger partial charge in [-0.1, -0.05) is 19.1 Å². The predicted molar refractivity (Wildman–Crippen MR) is 141 cm³/mol. The van der Waals surface area contributed by atoms with Crippen molar-refractivity contribution in [1.82, 2.24) is 28.7 Å². The molecular formula is C26H36N8O2. The average Bonchev–Trinajstić information content (AvgIpc) is 3.23. The summed E-state index contributed by atoms with van der Waals surface area (Å²) in [4.78, 5) is 43.6. The number of fused-ring (bicyclic) bond motifs is 2. The largest absolute Gasteiger partial charge is 0.341 e. The number of rotatable bonds is 5. The Bertz CT molecular complexity index is 1450. The number of piperidine rings is 1. The molecule has 0 radical (unpaired) electrons. The van der Waals surface area contributed by atoms with Gasteiger partial charge in [0.25, 0.3) is 5.56 Å². The lowest BCUT2D eigenvalue weighted by Gasteiger charge is -2.31. The van der Waals surface area contributed by atoms with Gasteiger partial charge in [-0.3, -0.25) is 13.9 Å². The highest BCUT2D eigenvalue weighted by Crippen LogP contribution is 2.26. The van der Waals surface area contributed by atoms with E-state index in [9.17, 15) is 9.59 Å². The van der Waals surface area contributed by atoms with Gasteiger partial charge in [-0.05, 0) is 57.4 Å². The zero-order valence-corrected chi connectivity index (χ0v) is 21.7. The highest BCUT2D eigenvalue weighted by Gasteiger charge is 2.27. The average molecular weight is 493 g/mol. The van der Waals surface area contributed by atoms with Gasteiger partial charge in [-0.15, -0.1) is 0 Å². The molecule has 0 aromatic carbocycles. The van der Waals surface area contributed by atoms with Crippen LogP contribution in [0.4, 0.5) is 5.95 Å². The molecule has 1 unspecified atom stereocenters. The molecule has 0 saturated carbocycles. The molecule has 4 heterocycles. The second-order valence-corrected chi connectivity index (χ2v) is 10.3. The summed E-state index contributed by atoms with van der Waals surface area (Å²) < 4.78 is 4.62. The van der Waals surface area contributed by atoms with Crippen LogP contribution in [-0.2, 0) is 33.0 Å². The van der Waals surface area contributed by atoms with Crippen LogP contribution in [0.5, 0.6) is 0 Å². The van der Waals surface area contributed by atoms with E-state index in [1.807, 2.05) is 30.6 Å². The van der Waals surface area contributed by atoms with Gasteiger partial charge in [0.15, 0.2) is 11.2 Å². The third kappa shape index (κ3) is 4.27. The van der Waals surface area contributed by atoms with Gasteiger partial charge in [-0.25, -0.2) is 14.8 Å². The maximum atomic E-state index is 13.8. The smallest absolute Gasteiger partial charge is 0.332 e. The number of hydrogen-bond donors (Lipinski definition) is 1. The van der Waals surface area contributed by atoms with E-state index in [-0.39, 0.29) is 18.1 Å². The fraction of sp³-hybridized carbons (Fsp3) is 0.577. The molecule has 36 heavy (non-hydrogen) atoms. The molecule has 5 rings (SSSR count). The van der Waals surface area contributed by atoms with Crippen molar-refractivity contribution in [3.63, 3.8) is 0 Å². The zero-order chi connectivity index (χ0) is 25.6. The van der Waals surface area contributed by atoms with Gasteiger partial charge in [0.05, 0.1) is 6.54 Å². The van der Waals surface area contributed by atoms with Crippen molar-refractivity contribution < 1.29 is 0 Å². The fourth-order valence-electron chi connectivity index (χ4n) is 5.56. The van der Waals surface area contributed by atoms with Gasteiger partial charge in [0.1, 0.15) is 5.82 Å². The molecule has 10 nitrogen and oxygen atoms in total. The summed E-state index contributed by atoms with van der Waals surface area (Å²) in [7, 11) is 1.67. The minimum atomic E-state index is -0.419. The van der Waals surface area contributed by atoms with Crippen molar-refractivity contribution in [2.45, 2.75) is 72.0 Å². The first kappa shape index (κ1) is 24.4. The third-order valence-electron chi connectivity index (χ3n) is 7.55. The molecule has 1 aliphatic heterocycles. The monoisotopic (exact) mass is 492 g/mol. The Morgan fingerprint density at radius 3 is 2.69 bits per heavy atom. The molecule has 0 bridgehead atoms. The highest BCUT2D eigenvalue weighted by atomic mass is 16.2. The summed E-state index contributed by atoms with van der Waals surface area (Å²) in [5.74, 6) is 1.74. The van der Waals surface area contributed by atoms with Crippen LogP contribution in [0.3, 0.4) is 0 Å². The lowest BCUT2D eigenvalue weighted by Crippen LogP contribution is -2.44. The number of aryl methyl sites for hydroxylation is 2. The van der Waals surface area contributed by atoms with Crippen molar-refractivity contribution in [3.05, 3.63) is 55.8 Å². The van der Waals surface area contributed by atoms with E-state index in [1.54, 1.807) is 7.05 Å². The van der Waals surface area contributed by atoms with E-state index in [4.69, 9.17) is 15.7 Å². The minimum absolute atomic E-state index is 0.0304. The summed E-state index contributed by atoms with van der Waals surface area (Å²) in [6.45, 7) is 8.16. The summed E-state index contributed by atoms with van der Waals surface area (Å²) in [6, 6.07) is 0.0568. The number of aromatic nitrogens is 6. The molecule has 2 aliphatic rings. The van der Waals surface area contributed by atoms with Crippen molar-refractivity contribution in [2.24, 2.45) is 18.7 Å². The molecule has 0 spiro atoms. The van der Waals surface area contributed by atoms with E-state index < -0.39 is 5.69 Å². The van der Waals surface area contributed by atoms with Gasteiger partial charge in [0, 0.05) is 44.1 Å². The number of allylic oxidation sites excluding steroid dienone is 2. The molecule has 10 heteroatoms. The Labute approximate surface area is 210 Å². The van der Waals surface area contributed by atoms with Gasteiger partial charge >= 0.3 is 5.69 Å². The normalized spacial score (nSPS) is 20.4. The Kier molecular flexibility index (Phi) is 6.55. The van der Waals surface area contributed by atoms with E-state index in [1.165, 1.54) is 14.7 Å². The molecule has 1 aliphatic carbocycles. The number of imidazole rings is 1. The maximum absolute atomic E-state index is 13.8. The second-order valence-electron chi connectivity index (χ2n) is 10.3. The minimum Gasteiger partial charge on any atom is -0.341 e. The predicted octanol–water partition coefficient (Wildman–Crippen LogP) is 1.67. The number of nitrogens with two attached hydrogens (primary N) is 1. The van der Waals surface area contributed by atoms with Crippen LogP contribution in [0, 0.1) is 12.8 Å². The van der Waals surface area contributed by atoms with Gasteiger partial charge in [0.2, 0.25) is 5.95 Å². The van der Waals surface area contributed by atoms with Crippen LogP contribution < -0.4 is 21.9 Å². The Morgan fingerprint density at radius 2 is 1.94 bits per heavy atom.